The zero-order valence-electron chi connectivity index (χ0n) is 2.02. The topological polar surface area (TPSA) is 30.0 Å². The van der Waals surface area contributed by atoms with Crippen LogP contribution < -0.4 is 0 Å². The molecule has 0 spiro atoms. The molecule has 0 saturated carbocycles. The van der Waals surface area contributed by atoms with Gasteiger partial charge in [0.15, 0.2) is 0 Å². The molecule has 0 heterocycles. The van der Waals surface area contributed by atoms with E-state index in [0.717, 1.165) is 0 Å². The second-order valence-corrected chi connectivity index (χ2v) is 0. The molecule has 4 heteroatoms. The first-order valence-corrected chi connectivity index (χ1v) is 0. The molecule has 0 aromatic rings. The summed E-state index contributed by atoms with van der Waals surface area (Å²) in [6.07, 6.45) is 0. The van der Waals surface area contributed by atoms with E-state index in [9.17, 15) is 0 Å². The summed E-state index contributed by atoms with van der Waals surface area (Å²) in [4.78, 5) is 0. The van der Waals surface area contributed by atoms with Crippen LogP contribution in [0, 0.1) is 35.6 Å². The van der Waals surface area contributed by atoms with E-state index in [1.54, 1.807) is 0 Å². The number of hydrogen-bond acceptors (Lipinski definition) is 1. The molecule has 0 rings (SSSR count). The van der Waals surface area contributed by atoms with E-state index < -0.39 is 0 Å². The van der Waals surface area contributed by atoms with Crippen LogP contribution in [0.25, 0.3) is 0 Å². The summed E-state index contributed by atoms with van der Waals surface area (Å²) in [5.74, 6) is 0. The quantitative estimate of drug-likeness (QED) is 0.459. The smallest absolute Gasteiger partial charge is 0.870 e. The zero-order valence-corrected chi connectivity index (χ0v) is 7.65. The first-order valence-electron chi connectivity index (χ1n) is 0. The second kappa shape index (κ2) is 17.6. The van der Waals surface area contributed by atoms with Crippen molar-refractivity contribution in [1.82, 2.24) is 0 Å². The average molecular weight is 254 g/mol. The van der Waals surface area contributed by atoms with Crippen molar-refractivity contribution in [3.05, 3.63) is 0 Å². The number of rotatable bonds is 0. The molecule has 0 aromatic carbocycles. The molecule has 0 fully saturated rings. The van der Waals surface area contributed by atoms with E-state index in [4.69, 9.17) is 0 Å². The van der Waals surface area contributed by atoms with Crippen molar-refractivity contribution in [1.29, 1.82) is 0 Å². The molecule has 0 aliphatic rings. The van der Waals surface area contributed by atoms with E-state index in [-0.39, 0.29) is 83.9 Å². The fraction of sp³-hybridized carbons (Fsp3) is 0. The van der Waals surface area contributed by atoms with E-state index >= 15 is 0 Å². The molecule has 0 aromatic heterocycles. The Hall–Kier alpha value is 2.56. The van der Waals surface area contributed by atoms with Gasteiger partial charge in [0.25, 0.3) is 0 Å². The van der Waals surface area contributed by atoms with E-state index in [2.05, 4.69) is 0 Å². The van der Waals surface area contributed by atoms with Gasteiger partial charge >= 0.3 is 42.8 Å². The van der Waals surface area contributed by atoms with Gasteiger partial charge in [-0.25, -0.2) is 0 Å². The summed E-state index contributed by atoms with van der Waals surface area (Å²) in [6, 6.07) is 0. The van der Waals surface area contributed by atoms with Crippen LogP contribution in [0.2, 0.25) is 0 Å². The fourth-order valence-corrected chi connectivity index (χ4v) is 0. The first kappa shape index (κ1) is 31.0. The maximum Gasteiger partial charge on any atom is -0.870 e. The van der Waals surface area contributed by atoms with Crippen LogP contribution in [0.15, 0.2) is 0 Å². The Kier molecular flexibility index (Phi) is 137. The van der Waals surface area contributed by atoms with Crippen LogP contribution in [-0.2, 0) is 0 Å². The minimum absolute atomic E-state index is 0. The molecule has 0 aliphatic carbocycles. The Balaban J connectivity index is 0. The summed E-state index contributed by atoms with van der Waals surface area (Å²) in [5.41, 5.74) is 0. The van der Waals surface area contributed by atoms with Gasteiger partial charge in [0, 0.05) is 35.6 Å². The normalized spacial score (nSPS) is 0. The first-order chi connectivity index (χ1) is 0. The SMILES string of the molecule is [GaH3].[La].[MgH+].[OH-]. The Labute approximate surface area is 82.4 Å². The molecule has 0 amide bonds. The second-order valence-electron chi connectivity index (χ2n) is 0. The van der Waals surface area contributed by atoms with Crippen LogP contribution in [0.5, 0.6) is 0 Å². The average Bonchev–Trinajstić information content (AvgIpc) is 0. The maximum atomic E-state index is 0. The zero-order chi connectivity index (χ0) is 0. The Morgan fingerprint density at radius 3 is 1.00 bits per heavy atom. The molecular formula is H5GaLaMgO. The molecule has 1 radical (unpaired) electrons. The molecule has 0 unspecified atom stereocenters. The third-order valence-electron chi connectivity index (χ3n) is 0. The third-order valence-corrected chi connectivity index (χ3v) is 0. The maximum absolute atomic E-state index is 0. The summed E-state index contributed by atoms with van der Waals surface area (Å²) in [5, 5.41) is 0. The van der Waals surface area contributed by atoms with Crippen molar-refractivity contribution in [2.45, 2.75) is 0 Å². The van der Waals surface area contributed by atoms with Crippen molar-refractivity contribution in [3.63, 3.8) is 0 Å². The summed E-state index contributed by atoms with van der Waals surface area (Å²) in [6.45, 7) is 0. The van der Waals surface area contributed by atoms with Gasteiger partial charge in [0.2, 0.25) is 0 Å². The molecule has 19 valence electrons. The monoisotopic (exact) mass is 253 g/mol. The van der Waals surface area contributed by atoms with Crippen molar-refractivity contribution in [3.8, 4) is 0 Å². The van der Waals surface area contributed by atoms with E-state index in [1.807, 2.05) is 0 Å². The van der Waals surface area contributed by atoms with Crippen LogP contribution in [0.3, 0.4) is 0 Å². The Morgan fingerprint density at radius 1 is 1.00 bits per heavy atom. The van der Waals surface area contributed by atoms with Crippen molar-refractivity contribution in [2.24, 2.45) is 0 Å². The Morgan fingerprint density at radius 2 is 1.00 bits per heavy atom. The van der Waals surface area contributed by atoms with Crippen LogP contribution in [0.1, 0.15) is 0 Å². The molecule has 0 bridgehead atoms. The van der Waals surface area contributed by atoms with Crippen molar-refractivity contribution < 1.29 is 41.1 Å². The third kappa shape index (κ3) is 8.82. The summed E-state index contributed by atoms with van der Waals surface area (Å²) in [7, 11) is 0. The summed E-state index contributed by atoms with van der Waals surface area (Å²) >= 11 is 0. The minimum atomic E-state index is 0. The molecule has 4 heavy (non-hydrogen) atoms. The van der Waals surface area contributed by atoms with Crippen LogP contribution in [-0.4, -0.2) is 48.3 Å². The van der Waals surface area contributed by atoms with Gasteiger partial charge in [0.1, 0.15) is 0 Å². The standard InChI is InChI=1S/Ga.La.Mg.H2O.4H/h;;;1H2;;;;/q;;+1;;;;;/p-1. The van der Waals surface area contributed by atoms with Crippen LogP contribution >= 0.6 is 0 Å². The number of hydrogen-bond donors (Lipinski definition) is 0. The van der Waals surface area contributed by atoms with Crippen molar-refractivity contribution in [2.75, 3.05) is 0 Å². The Bertz CT molecular complexity index is 8.00. The van der Waals surface area contributed by atoms with Gasteiger partial charge in [-0.05, 0) is 0 Å². The van der Waals surface area contributed by atoms with Crippen molar-refractivity contribution >= 4 is 42.8 Å². The molecule has 0 atom stereocenters. The molecule has 0 saturated heterocycles. The fourth-order valence-electron chi connectivity index (χ4n) is 0. The van der Waals surface area contributed by atoms with E-state index in [1.165, 1.54) is 0 Å². The largest absolute Gasteiger partial charge is 0.870 e. The van der Waals surface area contributed by atoms with Gasteiger partial charge in [-0.15, -0.1) is 0 Å². The summed E-state index contributed by atoms with van der Waals surface area (Å²) < 4.78 is 0. The van der Waals surface area contributed by atoms with E-state index in [0.29, 0.717) is 0 Å². The van der Waals surface area contributed by atoms with Crippen LogP contribution in [0.4, 0.5) is 0 Å². The van der Waals surface area contributed by atoms with Gasteiger partial charge < -0.3 is 5.48 Å². The van der Waals surface area contributed by atoms with Gasteiger partial charge in [-0.1, -0.05) is 0 Å². The van der Waals surface area contributed by atoms with Gasteiger partial charge in [-0.3, -0.25) is 0 Å². The molecular weight excluding hydrogens is 249 g/mol. The minimum Gasteiger partial charge on any atom is -0.870 e. The predicted octanol–water partition coefficient (Wildman–Crippen LogP) is -2.01. The van der Waals surface area contributed by atoms with Gasteiger partial charge in [0.05, 0.1) is 0 Å². The van der Waals surface area contributed by atoms with Gasteiger partial charge in [-0.2, -0.15) is 0 Å². The molecule has 0 aliphatic heterocycles. The molecule has 1 nitrogen and oxygen atoms in total. The predicted molar refractivity (Wildman–Crippen MR) is 19.0 cm³/mol. The molecule has 1 N–H and O–H groups in total.